The first kappa shape index (κ1) is 14.7. The van der Waals surface area contributed by atoms with Crippen molar-refractivity contribution in [3.63, 3.8) is 0 Å². The van der Waals surface area contributed by atoms with E-state index in [1.165, 1.54) is 19.2 Å². The molecule has 1 heterocycles. The molecular weight excluding hydrogens is 276 g/mol. The first-order chi connectivity index (χ1) is 9.97. The molecule has 1 aromatic rings. The number of methoxy groups -OCH3 is 1. The van der Waals surface area contributed by atoms with Gasteiger partial charge in [0.1, 0.15) is 6.04 Å². The van der Waals surface area contributed by atoms with Gasteiger partial charge in [-0.25, -0.2) is 0 Å². The van der Waals surface area contributed by atoms with Crippen molar-refractivity contribution in [3.8, 4) is 0 Å². The maximum Gasteiger partial charge on any atom is 0.305 e. The Morgan fingerprint density at radius 1 is 1.19 bits per heavy atom. The van der Waals surface area contributed by atoms with Gasteiger partial charge in [0.2, 0.25) is 5.91 Å². The molecule has 2 rings (SSSR count). The van der Waals surface area contributed by atoms with Crippen LogP contribution in [-0.2, 0) is 14.3 Å². The second-order valence-corrected chi connectivity index (χ2v) is 4.56. The predicted octanol–water partition coefficient (Wildman–Crippen LogP) is 0.0897. The topological polar surface area (TPSA) is 107 Å². The monoisotopic (exact) mass is 290 g/mol. The molecule has 1 atom stereocenters. The van der Waals surface area contributed by atoms with Crippen LogP contribution >= 0.6 is 0 Å². The lowest BCUT2D eigenvalue weighted by atomic mass is 10.1. The average Bonchev–Trinajstić information content (AvgIpc) is 2.72. The van der Waals surface area contributed by atoms with Gasteiger partial charge in [0.25, 0.3) is 11.8 Å². The number of benzene rings is 1. The summed E-state index contributed by atoms with van der Waals surface area (Å²) < 4.78 is 4.48. The number of ether oxygens (including phenoxy) is 1. The minimum atomic E-state index is -1.17. The lowest BCUT2D eigenvalue weighted by Gasteiger charge is -2.22. The molecule has 0 bridgehead atoms. The molecule has 0 unspecified atom stereocenters. The maximum atomic E-state index is 12.2. The maximum absolute atomic E-state index is 12.2. The quantitative estimate of drug-likeness (QED) is 0.611. The minimum absolute atomic E-state index is 0.0620. The Morgan fingerprint density at radius 2 is 1.71 bits per heavy atom. The molecule has 21 heavy (non-hydrogen) atoms. The van der Waals surface area contributed by atoms with Crippen molar-refractivity contribution < 1.29 is 23.9 Å². The molecule has 7 heteroatoms. The summed E-state index contributed by atoms with van der Waals surface area (Å²) in [6.45, 7) is 0. The molecule has 1 aliphatic rings. The Labute approximate surface area is 120 Å². The second kappa shape index (κ2) is 5.74. The van der Waals surface area contributed by atoms with Crippen LogP contribution in [0.2, 0.25) is 0 Å². The highest BCUT2D eigenvalue weighted by molar-refractivity contribution is 6.22. The van der Waals surface area contributed by atoms with E-state index in [-0.39, 0.29) is 24.0 Å². The van der Waals surface area contributed by atoms with Crippen molar-refractivity contribution in [1.82, 2.24) is 4.90 Å². The number of hydrogen-bond donors (Lipinski definition) is 1. The van der Waals surface area contributed by atoms with Gasteiger partial charge in [-0.1, -0.05) is 12.1 Å². The number of fused-ring (bicyclic) bond motifs is 1. The summed E-state index contributed by atoms with van der Waals surface area (Å²) >= 11 is 0. The fourth-order valence-corrected chi connectivity index (χ4v) is 2.25. The highest BCUT2D eigenvalue weighted by atomic mass is 16.5. The van der Waals surface area contributed by atoms with Crippen LogP contribution in [0.1, 0.15) is 33.6 Å². The lowest BCUT2D eigenvalue weighted by Crippen LogP contribution is -2.48. The molecule has 0 spiro atoms. The van der Waals surface area contributed by atoms with Crippen LogP contribution in [0, 0.1) is 0 Å². The van der Waals surface area contributed by atoms with Crippen LogP contribution in [0.15, 0.2) is 24.3 Å². The summed E-state index contributed by atoms with van der Waals surface area (Å²) in [6, 6.07) is 5.10. The number of rotatable bonds is 5. The van der Waals surface area contributed by atoms with Crippen molar-refractivity contribution in [3.05, 3.63) is 35.4 Å². The third kappa shape index (κ3) is 2.62. The largest absolute Gasteiger partial charge is 0.469 e. The van der Waals surface area contributed by atoms with Crippen LogP contribution < -0.4 is 5.73 Å². The number of nitrogens with zero attached hydrogens (tertiary/aromatic N) is 1. The van der Waals surface area contributed by atoms with E-state index in [4.69, 9.17) is 5.73 Å². The van der Waals surface area contributed by atoms with Gasteiger partial charge in [-0.15, -0.1) is 0 Å². The van der Waals surface area contributed by atoms with Crippen molar-refractivity contribution in [2.24, 2.45) is 5.73 Å². The molecule has 0 saturated heterocycles. The molecule has 110 valence electrons. The smallest absolute Gasteiger partial charge is 0.305 e. The highest BCUT2D eigenvalue weighted by Crippen LogP contribution is 2.25. The van der Waals surface area contributed by atoms with Crippen LogP contribution in [0.5, 0.6) is 0 Å². The molecule has 0 aromatic heterocycles. The van der Waals surface area contributed by atoms with Crippen molar-refractivity contribution in [2.45, 2.75) is 18.9 Å². The molecular formula is C14H14N2O5. The first-order valence-corrected chi connectivity index (χ1v) is 6.30. The molecule has 0 fully saturated rings. The summed E-state index contributed by atoms with van der Waals surface area (Å²) in [6.07, 6.45) is -0.176. The standard InChI is InChI=1S/C14H14N2O5/c1-21-11(17)7-6-10(12(15)18)16-13(19)8-4-2-3-5-9(8)14(16)20/h2-5,10H,6-7H2,1H3,(H2,15,18)/t10-/m0/s1. The van der Waals surface area contributed by atoms with Crippen molar-refractivity contribution in [1.29, 1.82) is 0 Å². The van der Waals surface area contributed by atoms with E-state index < -0.39 is 29.7 Å². The number of carbonyl (C=O) groups excluding carboxylic acids is 4. The van der Waals surface area contributed by atoms with E-state index >= 15 is 0 Å². The zero-order valence-corrected chi connectivity index (χ0v) is 11.4. The van der Waals surface area contributed by atoms with Gasteiger partial charge in [0, 0.05) is 6.42 Å². The van der Waals surface area contributed by atoms with Crippen LogP contribution in [-0.4, -0.2) is 41.7 Å². The van der Waals surface area contributed by atoms with Gasteiger partial charge in [-0.05, 0) is 18.6 Å². The fourth-order valence-electron chi connectivity index (χ4n) is 2.25. The fraction of sp³-hybridized carbons (Fsp3) is 0.286. The Bertz CT molecular complexity index is 591. The third-order valence-corrected chi connectivity index (χ3v) is 3.32. The van der Waals surface area contributed by atoms with Crippen LogP contribution in [0.4, 0.5) is 0 Å². The van der Waals surface area contributed by atoms with E-state index in [0.717, 1.165) is 4.90 Å². The molecule has 1 aliphatic heterocycles. The number of hydrogen-bond acceptors (Lipinski definition) is 5. The molecule has 7 nitrogen and oxygen atoms in total. The predicted molar refractivity (Wildman–Crippen MR) is 71.2 cm³/mol. The minimum Gasteiger partial charge on any atom is -0.469 e. The molecule has 1 aromatic carbocycles. The summed E-state index contributed by atoms with van der Waals surface area (Å²) in [7, 11) is 1.21. The first-order valence-electron chi connectivity index (χ1n) is 6.30. The number of amides is 3. The zero-order chi connectivity index (χ0) is 15.6. The van der Waals surface area contributed by atoms with Gasteiger partial charge in [0.05, 0.1) is 18.2 Å². The van der Waals surface area contributed by atoms with E-state index in [2.05, 4.69) is 4.74 Å². The molecule has 2 N–H and O–H groups in total. The number of primary amides is 1. The van der Waals surface area contributed by atoms with Crippen molar-refractivity contribution in [2.75, 3.05) is 7.11 Å². The van der Waals surface area contributed by atoms with Gasteiger partial charge in [0.15, 0.2) is 0 Å². The van der Waals surface area contributed by atoms with Crippen LogP contribution in [0.3, 0.4) is 0 Å². The van der Waals surface area contributed by atoms with Gasteiger partial charge < -0.3 is 10.5 Å². The highest BCUT2D eigenvalue weighted by Gasteiger charge is 2.41. The Kier molecular flexibility index (Phi) is 4.02. The Hall–Kier alpha value is -2.70. The second-order valence-electron chi connectivity index (χ2n) is 4.56. The normalized spacial score (nSPS) is 14.8. The van der Waals surface area contributed by atoms with E-state index in [9.17, 15) is 19.2 Å². The van der Waals surface area contributed by atoms with E-state index in [1.807, 2.05) is 0 Å². The molecule has 0 radical (unpaired) electrons. The van der Waals surface area contributed by atoms with Gasteiger partial charge >= 0.3 is 5.97 Å². The summed E-state index contributed by atoms with van der Waals surface area (Å²) in [5.74, 6) is -2.54. The Balaban J connectivity index is 2.27. The lowest BCUT2D eigenvalue weighted by molar-refractivity contribution is -0.141. The van der Waals surface area contributed by atoms with E-state index in [0.29, 0.717) is 0 Å². The number of nitrogens with two attached hydrogens (primary N) is 1. The number of imide groups is 1. The summed E-state index contributed by atoms with van der Waals surface area (Å²) in [5.41, 5.74) is 5.72. The molecule has 0 saturated carbocycles. The van der Waals surface area contributed by atoms with Crippen molar-refractivity contribution >= 4 is 23.7 Å². The third-order valence-electron chi connectivity index (χ3n) is 3.32. The van der Waals surface area contributed by atoms with Gasteiger partial charge in [-0.3, -0.25) is 24.1 Å². The van der Waals surface area contributed by atoms with Gasteiger partial charge in [-0.2, -0.15) is 0 Å². The average molecular weight is 290 g/mol. The Morgan fingerprint density at radius 3 is 2.14 bits per heavy atom. The zero-order valence-electron chi connectivity index (χ0n) is 11.4. The molecule has 3 amide bonds. The van der Waals surface area contributed by atoms with Crippen LogP contribution in [0.25, 0.3) is 0 Å². The SMILES string of the molecule is COC(=O)CC[C@@H](C(N)=O)N1C(=O)c2ccccc2C1=O. The number of carbonyl (C=O) groups is 4. The summed E-state index contributed by atoms with van der Waals surface area (Å²) in [4.78, 5) is 48.0. The number of esters is 1. The summed E-state index contributed by atoms with van der Waals surface area (Å²) in [5, 5.41) is 0. The molecule has 0 aliphatic carbocycles. The van der Waals surface area contributed by atoms with E-state index in [1.54, 1.807) is 12.1 Å².